The summed E-state index contributed by atoms with van der Waals surface area (Å²) in [7, 11) is 0. The van der Waals surface area contributed by atoms with E-state index in [9.17, 15) is 14.4 Å². The molecule has 4 heteroatoms. The molecule has 3 saturated carbocycles. The maximum Gasteiger partial charge on any atom is 0.306 e. The Morgan fingerprint density at radius 3 is 2.60 bits per heavy atom. The van der Waals surface area contributed by atoms with Crippen LogP contribution in [0.15, 0.2) is 11.6 Å². The van der Waals surface area contributed by atoms with Crippen molar-refractivity contribution in [3.63, 3.8) is 0 Å². The van der Waals surface area contributed by atoms with E-state index in [0.29, 0.717) is 48.7 Å². The van der Waals surface area contributed by atoms with Crippen molar-refractivity contribution in [3.8, 4) is 0 Å². The van der Waals surface area contributed by atoms with Crippen molar-refractivity contribution >= 4 is 17.5 Å². The highest BCUT2D eigenvalue weighted by atomic mass is 16.6. The Bertz CT molecular complexity index is 752. The predicted octanol–water partition coefficient (Wildman–Crippen LogP) is 5.58. The Morgan fingerprint density at radius 2 is 1.87 bits per heavy atom. The van der Waals surface area contributed by atoms with E-state index in [4.69, 9.17) is 4.74 Å². The smallest absolute Gasteiger partial charge is 0.306 e. The zero-order chi connectivity index (χ0) is 21.5. The number of fused-ring (bicyclic) bond motifs is 5. The van der Waals surface area contributed by atoms with Crippen LogP contribution in [0.1, 0.15) is 97.8 Å². The second-order valence-corrected chi connectivity index (χ2v) is 10.6. The number of unbranched alkanes of at least 4 members (excludes halogenated alkanes) is 2. The topological polar surface area (TPSA) is 60.4 Å². The molecule has 4 rings (SSSR count). The molecule has 0 spiro atoms. The summed E-state index contributed by atoms with van der Waals surface area (Å²) in [6, 6.07) is 0. The highest BCUT2D eigenvalue weighted by molar-refractivity contribution is 5.91. The lowest BCUT2D eigenvalue weighted by Gasteiger charge is -2.55. The third-order valence-corrected chi connectivity index (χ3v) is 9.26. The Morgan fingerprint density at radius 1 is 1.07 bits per heavy atom. The molecule has 0 radical (unpaired) electrons. The maximum atomic E-state index is 13.0. The van der Waals surface area contributed by atoms with E-state index in [2.05, 4.69) is 13.8 Å². The summed E-state index contributed by atoms with van der Waals surface area (Å²) in [5, 5.41) is 0. The van der Waals surface area contributed by atoms with Crippen LogP contribution < -0.4 is 0 Å². The molecule has 0 amide bonds. The summed E-state index contributed by atoms with van der Waals surface area (Å²) >= 11 is 0. The zero-order valence-corrected chi connectivity index (χ0v) is 19.0. The summed E-state index contributed by atoms with van der Waals surface area (Å²) in [4.78, 5) is 37.6. The van der Waals surface area contributed by atoms with Gasteiger partial charge < -0.3 is 4.74 Å². The van der Waals surface area contributed by atoms with Gasteiger partial charge in [-0.2, -0.15) is 0 Å². The number of hydrogen-bond donors (Lipinski definition) is 0. The van der Waals surface area contributed by atoms with Crippen LogP contribution in [0, 0.1) is 29.1 Å². The fourth-order valence-electron chi connectivity index (χ4n) is 7.76. The van der Waals surface area contributed by atoms with Gasteiger partial charge in [0.2, 0.25) is 0 Å². The first kappa shape index (κ1) is 21.8. The van der Waals surface area contributed by atoms with Gasteiger partial charge in [-0.15, -0.1) is 0 Å². The second-order valence-electron chi connectivity index (χ2n) is 10.6. The third-order valence-electron chi connectivity index (χ3n) is 9.26. The second kappa shape index (κ2) is 8.24. The molecule has 6 atom stereocenters. The molecule has 30 heavy (non-hydrogen) atoms. The first-order valence-corrected chi connectivity index (χ1v) is 12.3. The quantitative estimate of drug-likeness (QED) is 0.420. The summed E-state index contributed by atoms with van der Waals surface area (Å²) < 4.78 is 6.14. The summed E-state index contributed by atoms with van der Waals surface area (Å²) in [6.07, 6.45) is 12.8. The Labute approximate surface area is 181 Å². The van der Waals surface area contributed by atoms with Gasteiger partial charge in [0.1, 0.15) is 0 Å². The molecule has 4 aliphatic carbocycles. The number of allylic oxidation sites excluding steroid dienone is 1. The normalized spacial score (nSPS) is 40.1. The molecular weight excluding hydrogens is 376 g/mol. The summed E-state index contributed by atoms with van der Waals surface area (Å²) in [5.74, 6) is 2.33. The van der Waals surface area contributed by atoms with Crippen LogP contribution in [0.5, 0.6) is 0 Å². The number of hydrogen-bond acceptors (Lipinski definition) is 4. The molecule has 0 aliphatic heterocycles. The van der Waals surface area contributed by atoms with Crippen molar-refractivity contribution in [2.45, 2.75) is 103 Å². The maximum absolute atomic E-state index is 13.0. The average Bonchev–Trinajstić information content (AvgIpc) is 3.01. The largest absolute Gasteiger partial charge is 0.450 e. The molecule has 4 nitrogen and oxygen atoms in total. The molecule has 0 aromatic carbocycles. The summed E-state index contributed by atoms with van der Waals surface area (Å²) in [6.45, 7) is 5.99. The van der Waals surface area contributed by atoms with Crippen LogP contribution >= 0.6 is 0 Å². The fraction of sp³-hybridized carbons (Fsp3) is 0.808. The van der Waals surface area contributed by atoms with Gasteiger partial charge in [0, 0.05) is 18.3 Å². The van der Waals surface area contributed by atoms with Gasteiger partial charge in [-0.05, 0) is 88.0 Å². The van der Waals surface area contributed by atoms with E-state index in [1.807, 2.05) is 6.08 Å². The fourth-order valence-corrected chi connectivity index (χ4v) is 7.76. The molecule has 166 valence electrons. The lowest BCUT2D eigenvalue weighted by Crippen LogP contribution is -2.57. The number of carbonyl (C=O) groups excluding carboxylic acids is 3. The first-order valence-electron chi connectivity index (χ1n) is 12.3. The molecule has 0 aromatic heterocycles. The minimum atomic E-state index is -0.940. The van der Waals surface area contributed by atoms with Crippen LogP contribution in [0.3, 0.4) is 0 Å². The van der Waals surface area contributed by atoms with Crippen molar-refractivity contribution in [3.05, 3.63) is 11.6 Å². The van der Waals surface area contributed by atoms with Crippen molar-refractivity contribution < 1.29 is 19.1 Å². The number of ketones is 2. The highest BCUT2D eigenvalue weighted by Gasteiger charge is 2.66. The molecule has 0 heterocycles. The number of esters is 1. The molecule has 3 fully saturated rings. The van der Waals surface area contributed by atoms with Crippen LogP contribution in [0.4, 0.5) is 0 Å². The van der Waals surface area contributed by atoms with E-state index in [-0.39, 0.29) is 17.2 Å². The highest BCUT2D eigenvalue weighted by Crippen LogP contribution is 2.66. The monoisotopic (exact) mass is 414 g/mol. The lowest BCUT2D eigenvalue weighted by atomic mass is 9.50. The Hall–Kier alpha value is -1.45. The molecule has 0 bridgehead atoms. The predicted molar refractivity (Wildman–Crippen MR) is 116 cm³/mol. The minimum Gasteiger partial charge on any atom is -0.450 e. The van der Waals surface area contributed by atoms with Crippen LogP contribution in [-0.2, 0) is 19.1 Å². The third kappa shape index (κ3) is 3.39. The number of ether oxygens (including phenoxy) is 1. The Balaban J connectivity index is 1.56. The van der Waals surface area contributed by atoms with Crippen LogP contribution in [0.2, 0.25) is 0 Å². The Kier molecular flexibility index (Phi) is 5.98. The van der Waals surface area contributed by atoms with E-state index in [1.165, 1.54) is 5.57 Å². The SMILES string of the molecule is CCCCCC(=O)O[C@]1(C(C)=O)CC[C@H]2[C@@H]3CCC4=CC(=O)CC[C@@H]4[C@H]3CCC21C. The summed E-state index contributed by atoms with van der Waals surface area (Å²) in [5.41, 5.74) is 0.186. The van der Waals surface area contributed by atoms with E-state index in [0.717, 1.165) is 57.8 Å². The number of rotatable bonds is 6. The van der Waals surface area contributed by atoms with Gasteiger partial charge in [-0.1, -0.05) is 32.3 Å². The molecule has 1 unspecified atom stereocenters. The first-order chi connectivity index (χ1) is 14.3. The van der Waals surface area contributed by atoms with Gasteiger partial charge in [-0.25, -0.2) is 0 Å². The zero-order valence-electron chi connectivity index (χ0n) is 19.0. The molecular formula is C26H38O4. The van der Waals surface area contributed by atoms with Gasteiger partial charge >= 0.3 is 5.97 Å². The minimum absolute atomic E-state index is 0.0365. The van der Waals surface area contributed by atoms with Gasteiger partial charge in [-0.3, -0.25) is 14.4 Å². The van der Waals surface area contributed by atoms with Gasteiger partial charge in [0.15, 0.2) is 17.2 Å². The van der Waals surface area contributed by atoms with Crippen molar-refractivity contribution in [1.82, 2.24) is 0 Å². The molecule has 0 N–H and O–H groups in total. The standard InChI is InChI=1S/C26H38O4/c1-4-5-6-7-24(29)30-26(17(2)27)15-13-23-22-10-8-18-16-19(28)9-11-20(18)21(22)12-14-25(23,26)3/h16,20-23H,4-15H2,1-3H3/t20-,21+,22+,23-,25?,26-/m0/s1. The van der Waals surface area contributed by atoms with E-state index in [1.54, 1.807) is 6.92 Å². The molecule has 0 saturated heterocycles. The number of Topliss-reactive ketones (excluding diaryl/α,β-unsaturated/α-hetero) is 1. The number of carbonyl (C=O) groups is 3. The average molecular weight is 415 g/mol. The van der Waals surface area contributed by atoms with Gasteiger partial charge in [0.05, 0.1) is 0 Å². The van der Waals surface area contributed by atoms with Crippen molar-refractivity contribution in [2.75, 3.05) is 0 Å². The van der Waals surface area contributed by atoms with E-state index >= 15 is 0 Å². The van der Waals surface area contributed by atoms with Crippen molar-refractivity contribution in [1.29, 1.82) is 0 Å². The lowest BCUT2D eigenvalue weighted by molar-refractivity contribution is -0.187. The van der Waals surface area contributed by atoms with E-state index < -0.39 is 5.60 Å². The molecule has 4 aliphatic rings. The molecule has 0 aromatic rings. The van der Waals surface area contributed by atoms with Crippen LogP contribution in [-0.4, -0.2) is 23.1 Å². The van der Waals surface area contributed by atoms with Crippen molar-refractivity contribution in [2.24, 2.45) is 29.1 Å². The van der Waals surface area contributed by atoms with Crippen LogP contribution in [0.25, 0.3) is 0 Å². The van der Waals surface area contributed by atoms with Gasteiger partial charge in [0.25, 0.3) is 0 Å².